The molecule has 0 N–H and O–H groups in total. The average molecular weight is 274 g/mol. The number of aryl methyl sites for hydroxylation is 1. The van der Waals surface area contributed by atoms with Crippen molar-refractivity contribution >= 4 is 23.8 Å². The Morgan fingerprint density at radius 1 is 1.11 bits per heavy atom. The molecule has 19 heavy (non-hydrogen) atoms. The molecule has 0 radical (unpaired) electrons. The summed E-state index contributed by atoms with van der Waals surface area (Å²) < 4.78 is 0. The van der Waals surface area contributed by atoms with Crippen LogP contribution in [0.5, 0.6) is 0 Å². The van der Waals surface area contributed by atoms with E-state index in [1.165, 1.54) is 6.21 Å². The Morgan fingerprint density at radius 2 is 1.74 bits per heavy atom. The number of carbonyl (C=O) groups is 1. The van der Waals surface area contributed by atoms with Gasteiger partial charge in [-0.2, -0.15) is 0 Å². The SMILES string of the molecule is Cc1ccc(C(=O)O/N=C/c2ccc(Cl)cc2)cc1. The Kier molecular flexibility index (Phi) is 4.31. The molecule has 0 bridgehead atoms. The number of hydrogen-bond donors (Lipinski definition) is 0. The predicted octanol–water partition coefficient (Wildman–Crippen LogP) is 3.84. The molecule has 2 aromatic rings. The van der Waals surface area contributed by atoms with E-state index in [2.05, 4.69) is 5.16 Å². The largest absolute Gasteiger partial charge is 0.365 e. The molecule has 4 heteroatoms. The van der Waals surface area contributed by atoms with Gasteiger partial charge in [-0.05, 0) is 36.8 Å². The minimum atomic E-state index is -0.481. The van der Waals surface area contributed by atoms with Crippen molar-refractivity contribution in [1.29, 1.82) is 0 Å². The normalized spacial score (nSPS) is 10.6. The summed E-state index contributed by atoms with van der Waals surface area (Å²) in [6.07, 6.45) is 1.46. The first-order chi connectivity index (χ1) is 9.15. The summed E-state index contributed by atoms with van der Waals surface area (Å²) in [5.74, 6) is -0.481. The molecule has 0 unspecified atom stereocenters. The molecule has 0 heterocycles. The Labute approximate surface area is 116 Å². The Bertz CT molecular complexity index is 589. The Balaban J connectivity index is 1.96. The van der Waals surface area contributed by atoms with Crippen molar-refractivity contribution in [2.45, 2.75) is 6.92 Å². The molecule has 0 fully saturated rings. The highest BCUT2D eigenvalue weighted by Gasteiger charge is 2.05. The topological polar surface area (TPSA) is 38.7 Å². The molecule has 3 nitrogen and oxygen atoms in total. The van der Waals surface area contributed by atoms with Crippen LogP contribution in [0.4, 0.5) is 0 Å². The quantitative estimate of drug-likeness (QED) is 0.484. The number of halogens is 1. The van der Waals surface area contributed by atoms with Crippen LogP contribution in [0.25, 0.3) is 0 Å². The third-order valence-corrected chi connectivity index (χ3v) is 2.75. The van der Waals surface area contributed by atoms with Crippen molar-refractivity contribution in [1.82, 2.24) is 0 Å². The van der Waals surface area contributed by atoms with Gasteiger partial charge in [0.1, 0.15) is 0 Å². The lowest BCUT2D eigenvalue weighted by Gasteiger charge is -1.98. The van der Waals surface area contributed by atoms with Crippen molar-refractivity contribution in [2.24, 2.45) is 5.16 Å². The maximum absolute atomic E-state index is 11.6. The van der Waals surface area contributed by atoms with E-state index in [1.807, 2.05) is 19.1 Å². The van der Waals surface area contributed by atoms with E-state index >= 15 is 0 Å². The van der Waals surface area contributed by atoms with Gasteiger partial charge in [0.05, 0.1) is 11.8 Å². The van der Waals surface area contributed by atoms with Crippen LogP contribution in [-0.2, 0) is 4.84 Å². The predicted molar refractivity (Wildman–Crippen MR) is 75.6 cm³/mol. The van der Waals surface area contributed by atoms with Crippen molar-refractivity contribution < 1.29 is 9.63 Å². The maximum atomic E-state index is 11.6. The molecule has 0 saturated carbocycles. The summed E-state index contributed by atoms with van der Waals surface area (Å²) in [5.41, 5.74) is 2.36. The standard InChI is InChI=1S/C15H12ClNO2/c1-11-2-6-13(7-3-11)15(18)19-17-10-12-4-8-14(16)9-5-12/h2-10H,1H3/b17-10+. The van der Waals surface area contributed by atoms with Crippen molar-refractivity contribution in [2.75, 3.05) is 0 Å². The minimum Gasteiger partial charge on any atom is -0.313 e. The first-order valence-corrected chi connectivity index (χ1v) is 6.10. The molecule has 0 spiro atoms. The molecule has 0 amide bonds. The third kappa shape index (κ3) is 3.93. The number of hydrogen-bond acceptors (Lipinski definition) is 3. The molecule has 0 aromatic heterocycles. The zero-order chi connectivity index (χ0) is 13.7. The van der Waals surface area contributed by atoms with Crippen LogP contribution in [0.15, 0.2) is 53.7 Å². The van der Waals surface area contributed by atoms with E-state index in [0.717, 1.165) is 11.1 Å². The van der Waals surface area contributed by atoms with E-state index < -0.39 is 5.97 Å². The fourth-order valence-corrected chi connectivity index (χ4v) is 1.55. The van der Waals surface area contributed by atoms with Gasteiger partial charge < -0.3 is 4.84 Å². The highest BCUT2D eigenvalue weighted by atomic mass is 35.5. The second-order valence-electron chi connectivity index (χ2n) is 4.03. The minimum absolute atomic E-state index is 0.471. The number of benzene rings is 2. The van der Waals surface area contributed by atoms with E-state index in [1.54, 1.807) is 36.4 Å². The Morgan fingerprint density at radius 3 is 2.37 bits per heavy atom. The smallest absolute Gasteiger partial charge is 0.313 e. The molecular weight excluding hydrogens is 262 g/mol. The molecular formula is C15H12ClNO2. The van der Waals surface area contributed by atoms with Crippen LogP contribution in [0, 0.1) is 6.92 Å². The van der Waals surface area contributed by atoms with Crippen LogP contribution in [-0.4, -0.2) is 12.2 Å². The average Bonchev–Trinajstić information content (AvgIpc) is 2.41. The van der Waals surface area contributed by atoms with Crippen molar-refractivity contribution in [3.05, 3.63) is 70.2 Å². The van der Waals surface area contributed by atoms with Crippen LogP contribution in [0.2, 0.25) is 5.02 Å². The van der Waals surface area contributed by atoms with Gasteiger partial charge in [0.15, 0.2) is 0 Å². The van der Waals surface area contributed by atoms with Gasteiger partial charge in [0.2, 0.25) is 0 Å². The molecule has 0 atom stereocenters. The second kappa shape index (κ2) is 6.16. The van der Waals surface area contributed by atoms with Gasteiger partial charge >= 0.3 is 5.97 Å². The van der Waals surface area contributed by atoms with Gasteiger partial charge in [-0.3, -0.25) is 0 Å². The zero-order valence-electron chi connectivity index (χ0n) is 10.3. The summed E-state index contributed by atoms with van der Waals surface area (Å²) in [7, 11) is 0. The van der Waals surface area contributed by atoms with E-state index in [-0.39, 0.29) is 0 Å². The molecule has 0 aliphatic rings. The molecule has 2 aromatic carbocycles. The lowest BCUT2D eigenvalue weighted by atomic mass is 10.2. The molecule has 96 valence electrons. The number of nitrogens with zero attached hydrogens (tertiary/aromatic N) is 1. The van der Waals surface area contributed by atoms with Gasteiger partial charge in [-0.1, -0.05) is 46.6 Å². The van der Waals surface area contributed by atoms with Crippen LogP contribution < -0.4 is 0 Å². The van der Waals surface area contributed by atoms with Gasteiger partial charge in [0, 0.05) is 5.02 Å². The summed E-state index contributed by atoms with van der Waals surface area (Å²) in [4.78, 5) is 16.4. The van der Waals surface area contributed by atoms with Gasteiger partial charge in [-0.15, -0.1) is 0 Å². The summed E-state index contributed by atoms with van der Waals surface area (Å²) in [6.45, 7) is 1.95. The second-order valence-corrected chi connectivity index (χ2v) is 4.47. The lowest BCUT2D eigenvalue weighted by molar-refractivity contribution is 0.0519. The van der Waals surface area contributed by atoms with Gasteiger partial charge in [-0.25, -0.2) is 4.79 Å². The molecule has 0 aliphatic carbocycles. The number of carbonyl (C=O) groups excluding carboxylic acids is 1. The summed E-state index contributed by atoms with van der Waals surface area (Å²) >= 11 is 5.76. The zero-order valence-corrected chi connectivity index (χ0v) is 11.1. The fraction of sp³-hybridized carbons (Fsp3) is 0.0667. The lowest BCUT2D eigenvalue weighted by Crippen LogP contribution is -2.00. The van der Waals surface area contributed by atoms with E-state index in [9.17, 15) is 4.79 Å². The highest BCUT2D eigenvalue weighted by molar-refractivity contribution is 6.30. The summed E-state index contributed by atoms with van der Waals surface area (Å²) in [6, 6.07) is 14.1. The van der Waals surface area contributed by atoms with Crippen LogP contribution in [0.3, 0.4) is 0 Å². The van der Waals surface area contributed by atoms with Crippen molar-refractivity contribution in [3.8, 4) is 0 Å². The first-order valence-electron chi connectivity index (χ1n) is 5.72. The molecule has 2 rings (SSSR count). The summed E-state index contributed by atoms with van der Waals surface area (Å²) in [5, 5.41) is 4.30. The van der Waals surface area contributed by atoms with E-state index in [0.29, 0.717) is 10.6 Å². The Hall–Kier alpha value is -2.13. The monoisotopic (exact) mass is 273 g/mol. The molecule has 0 aliphatic heterocycles. The van der Waals surface area contributed by atoms with E-state index in [4.69, 9.17) is 16.4 Å². The first kappa shape index (κ1) is 13.3. The number of rotatable bonds is 3. The highest BCUT2D eigenvalue weighted by Crippen LogP contribution is 2.08. The van der Waals surface area contributed by atoms with Crippen LogP contribution in [0.1, 0.15) is 21.5 Å². The molecule has 0 saturated heterocycles. The van der Waals surface area contributed by atoms with Gasteiger partial charge in [0.25, 0.3) is 0 Å². The fourth-order valence-electron chi connectivity index (χ4n) is 1.43. The van der Waals surface area contributed by atoms with Crippen LogP contribution >= 0.6 is 11.6 Å². The number of oxime groups is 1. The third-order valence-electron chi connectivity index (χ3n) is 2.49. The maximum Gasteiger partial charge on any atom is 0.365 e. The van der Waals surface area contributed by atoms with Crippen molar-refractivity contribution in [3.63, 3.8) is 0 Å².